The summed E-state index contributed by atoms with van der Waals surface area (Å²) in [7, 11) is 0. The summed E-state index contributed by atoms with van der Waals surface area (Å²) < 4.78 is 26.1. The van der Waals surface area contributed by atoms with E-state index in [1.807, 2.05) is 32.0 Å². The Labute approximate surface area is 149 Å². The Morgan fingerprint density at radius 1 is 0.962 bits per heavy atom. The minimum atomic E-state index is -1.04. The fraction of sp³-hybridized carbons (Fsp3) is 0.105. The number of aryl methyl sites for hydroxylation is 2. The number of benzene rings is 2. The monoisotopic (exact) mass is 354 g/mol. The molecule has 1 aromatic heterocycles. The van der Waals surface area contributed by atoms with E-state index >= 15 is 0 Å². The van der Waals surface area contributed by atoms with Crippen molar-refractivity contribution in [3.63, 3.8) is 0 Å². The van der Waals surface area contributed by atoms with E-state index in [9.17, 15) is 13.6 Å². The lowest BCUT2D eigenvalue weighted by Gasteiger charge is -2.09. The van der Waals surface area contributed by atoms with Gasteiger partial charge in [0.2, 0.25) is 5.95 Å². The van der Waals surface area contributed by atoms with Crippen LogP contribution in [0.2, 0.25) is 0 Å². The van der Waals surface area contributed by atoms with E-state index in [4.69, 9.17) is 0 Å². The van der Waals surface area contributed by atoms with Crippen molar-refractivity contribution in [3.05, 3.63) is 77.1 Å². The Morgan fingerprint density at radius 2 is 1.69 bits per heavy atom. The van der Waals surface area contributed by atoms with E-state index in [0.29, 0.717) is 5.95 Å². The van der Waals surface area contributed by atoms with Gasteiger partial charge >= 0.3 is 0 Å². The summed E-state index contributed by atoms with van der Waals surface area (Å²) in [4.78, 5) is 20.4. The summed E-state index contributed by atoms with van der Waals surface area (Å²) in [5.41, 5.74) is 3.36. The molecule has 3 aromatic rings. The van der Waals surface area contributed by atoms with Crippen LogP contribution in [0.3, 0.4) is 0 Å². The number of amides is 1. The number of nitrogens with zero attached hydrogens (tertiary/aromatic N) is 2. The lowest BCUT2D eigenvalue weighted by Crippen LogP contribution is -2.13. The number of anilines is 3. The summed E-state index contributed by atoms with van der Waals surface area (Å²) in [5, 5.41) is 5.56. The SMILES string of the molecule is Cc1ccc(C)c(Nc2ncc(C(=O)Nc3ccc(F)c(F)c3)cn2)c1. The van der Waals surface area contributed by atoms with Gasteiger partial charge in [0.15, 0.2) is 11.6 Å². The highest BCUT2D eigenvalue weighted by Gasteiger charge is 2.10. The average molecular weight is 354 g/mol. The van der Waals surface area contributed by atoms with Gasteiger partial charge in [0, 0.05) is 29.8 Å². The van der Waals surface area contributed by atoms with Crippen LogP contribution in [0.1, 0.15) is 21.5 Å². The molecule has 2 aromatic carbocycles. The number of halogens is 2. The molecular weight excluding hydrogens is 338 g/mol. The summed E-state index contributed by atoms with van der Waals surface area (Å²) in [6, 6.07) is 9.09. The Morgan fingerprint density at radius 3 is 2.38 bits per heavy atom. The van der Waals surface area contributed by atoms with Gasteiger partial charge in [-0.2, -0.15) is 0 Å². The van der Waals surface area contributed by atoms with Crippen molar-refractivity contribution in [1.82, 2.24) is 9.97 Å². The first kappa shape index (κ1) is 17.5. The molecule has 5 nitrogen and oxygen atoms in total. The van der Waals surface area contributed by atoms with Crippen LogP contribution < -0.4 is 10.6 Å². The maximum atomic E-state index is 13.2. The van der Waals surface area contributed by atoms with Crippen LogP contribution in [0.4, 0.5) is 26.1 Å². The highest BCUT2D eigenvalue weighted by molar-refractivity contribution is 6.03. The summed E-state index contributed by atoms with van der Waals surface area (Å²) in [5.74, 6) is -2.18. The molecule has 132 valence electrons. The lowest BCUT2D eigenvalue weighted by atomic mass is 10.1. The van der Waals surface area contributed by atoms with E-state index < -0.39 is 17.5 Å². The van der Waals surface area contributed by atoms with Crippen LogP contribution in [0, 0.1) is 25.5 Å². The normalized spacial score (nSPS) is 10.5. The number of rotatable bonds is 4. The van der Waals surface area contributed by atoms with Crippen molar-refractivity contribution in [3.8, 4) is 0 Å². The van der Waals surface area contributed by atoms with Crippen LogP contribution in [0.15, 0.2) is 48.8 Å². The molecule has 1 heterocycles. The molecule has 26 heavy (non-hydrogen) atoms. The summed E-state index contributed by atoms with van der Waals surface area (Å²) in [6.07, 6.45) is 2.71. The zero-order valence-electron chi connectivity index (χ0n) is 14.2. The highest BCUT2D eigenvalue weighted by atomic mass is 19.2. The van der Waals surface area contributed by atoms with Gasteiger partial charge < -0.3 is 10.6 Å². The molecule has 0 bridgehead atoms. The van der Waals surface area contributed by atoms with E-state index in [1.54, 1.807) is 0 Å². The first-order valence-electron chi connectivity index (χ1n) is 7.85. The van der Waals surface area contributed by atoms with Gasteiger partial charge in [-0.3, -0.25) is 4.79 Å². The molecule has 0 atom stereocenters. The van der Waals surface area contributed by atoms with Gasteiger partial charge in [-0.05, 0) is 43.2 Å². The summed E-state index contributed by atoms with van der Waals surface area (Å²) in [6.45, 7) is 3.95. The molecule has 0 aliphatic carbocycles. The standard InChI is InChI=1S/C19H16F2N4O/c1-11-3-4-12(2)17(7-11)25-19-22-9-13(10-23-19)18(26)24-14-5-6-15(20)16(21)8-14/h3-10H,1-2H3,(H,24,26)(H,22,23,25). The molecule has 0 saturated heterocycles. The zero-order chi connectivity index (χ0) is 18.7. The third-order valence-electron chi connectivity index (χ3n) is 3.73. The van der Waals surface area contributed by atoms with Crippen LogP contribution in [0.5, 0.6) is 0 Å². The minimum absolute atomic E-state index is 0.145. The minimum Gasteiger partial charge on any atom is -0.324 e. The van der Waals surface area contributed by atoms with Gasteiger partial charge in [-0.15, -0.1) is 0 Å². The predicted octanol–water partition coefficient (Wildman–Crippen LogP) is 4.37. The van der Waals surface area contributed by atoms with Crippen molar-refractivity contribution in [2.24, 2.45) is 0 Å². The molecule has 0 saturated carbocycles. The number of hydrogen-bond donors (Lipinski definition) is 2. The Balaban J connectivity index is 1.71. The van der Waals surface area contributed by atoms with Crippen molar-refractivity contribution in [2.75, 3.05) is 10.6 Å². The largest absolute Gasteiger partial charge is 0.324 e. The fourth-order valence-corrected chi connectivity index (χ4v) is 2.28. The van der Waals surface area contributed by atoms with Crippen LogP contribution in [0.25, 0.3) is 0 Å². The first-order chi connectivity index (χ1) is 12.4. The third kappa shape index (κ3) is 4.00. The Hall–Kier alpha value is -3.35. The van der Waals surface area contributed by atoms with Gasteiger partial charge in [-0.25, -0.2) is 18.7 Å². The fourth-order valence-electron chi connectivity index (χ4n) is 2.28. The van der Waals surface area contributed by atoms with Crippen molar-refractivity contribution in [2.45, 2.75) is 13.8 Å². The second-order valence-electron chi connectivity index (χ2n) is 5.82. The third-order valence-corrected chi connectivity index (χ3v) is 3.73. The van der Waals surface area contributed by atoms with Crippen molar-refractivity contribution in [1.29, 1.82) is 0 Å². The number of carbonyl (C=O) groups excluding carboxylic acids is 1. The quantitative estimate of drug-likeness (QED) is 0.730. The van der Waals surface area contributed by atoms with Gasteiger partial charge in [0.05, 0.1) is 5.56 Å². The first-order valence-corrected chi connectivity index (χ1v) is 7.85. The van der Waals surface area contributed by atoms with Crippen LogP contribution in [-0.2, 0) is 0 Å². The Bertz CT molecular complexity index is 958. The average Bonchev–Trinajstić information content (AvgIpc) is 2.62. The second-order valence-corrected chi connectivity index (χ2v) is 5.82. The van der Waals surface area contributed by atoms with Crippen LogP contribution in [-0.4, -0.2) is 15.9 Å². The molecule has 1 amide bonds. The molecule has 0 fully saturated rings. The maximum absolute atomic E-state index is 13.2. The van der Waals surface area contributed by atoms with Gasteiger partial charge in [0.1, 0.15) is 0 Å². The molecule has 3 rings (SSSR count). The van der Waals surface area contributed by atoms with Gasteiger partial charge in [0.25, 0.3) is 5.91 Å². The molecule has 2 N–H and O–H groups in total. The molecule has 0 aliphatic heterocycles. The molecule has 0 spiro atoms. The number of carbonyl (C=O) groups is 1. The molecule has 0 radical (unpaired) electrons. The smallest absolute Gasteiger partial charge is 0.258 e. The molecule has 7 heteroatoms. The van der Waals surface area contributed by atoms with E-state index in [2.05, 4.69) is 20.6 Å². The van der Waals surface area contributed by atoms with Gasteiger partial charge in [-0.1, -0.05) is 12.1 Å². The van der Waals surface area contributed by atoms with Crippen LogP contribution >= 0.6 is 0 Å². The topological polar surface area (TPSA) is 66.9 Å². The van der Waals surface area contributed by atoms with E-state index in [1.165, 1.54) is 18.5 Å². The maximum Gasteiger partial charge on any atom is 0.258 e. The highest BCUT2D eigenvalue weighted by Crippen LogP contribution is 2.20. The summed E-state index contributed by atoms with van der Waals surface area (Å²) >= 11 is 0. The van der Waals surface area contributed by atoms with Crippen molar-refractivity contribution >= 4 is 23.2 Å². The van der Waals surface area contributed by atoms with E-state index in [-0.39, 0.29) is 11.3 Å². The lowest BCUT2D eigenvalue weighted by molar-refractivity contribution is 0.102. The number of nitrogens with one attached hydrogen (secondary N) is 2. The molecular formula is C19H16F2N4O. The molecule has 0 unspecified atom stereocenters. The zero-order valence-corrected chi connectivity index (χ0v) is 14.2. The van der Waals surface area contributed by atoms with E-state index in [0.717, 1.165) is 28.9 Å². The predicted molar refractivity (Wildman–Crippen MR) is 95.5 cm³/mol. The molecule has 0 aliphatic rings. The Kier molecular flexibility index (Phi) is 4.88. The van der Waals surface area contributed by atoms with Crippen molar-refractivity contribution < 1.29 is 13.6 Å². The number of hydrogen-bond acceptors (Lipinski definition) is 4. The number of aromatic nitrogens is 2. The second kappa shape index (κ2) is 7.26.